The van der Waals surface area contributed by atoms with E-state index in [1.54, 1.807) is 20.8 Å². The molecule has 0 N–H and O–H groups in total. The summed E-state index contributed by atoms with van der Waals surface area (Å²) in [6.45, 7) is 5.38. The maximum Gasteiger partial charge on any atom is 0.310 e. The van der Waals surface area contributed by atoms with Crippen LogP contribution >= 0.6 is 10.2 Å². The third kappa shape index (κ3) is 3.10. The molecule has 16 heavy (non-hydrogen) atoms. The number of hydrogen-bond donors (Lipinski definition) is 0. The minimum absolute atomic E-state index is 0.365. The van der Waals surface area contributed by atoms with E-state index in [4.69, 9.17) is 0 Å². The zero-order chi connectivity index (χ0) is 12.9. The summed E-state index contributed by atoms with van der Waals surface area (Å²) in [4.78, 5) is -1.84. The second kappa shape index (κ2) is 2.72. The lowest BCUT2D eigenvalue weighted by Crippen LogP contribution is -2.12. The molecule has 0 saturated heterocycles. The standard InChI is InChI=1S/C10H13F5S/c1-10(2,3)8-4-6-9(7-5-8)16(11,12,13,14)15/h4-7H,1-3H3. The highest BCUT2D eigenvalue weighted by molar-refractivity contribution is 8.45. The van der Waals surface area contributed by atoms with Gasteiger partial charge in [-0.2, -0.15) is 0 Å². The van der Waals surface area contributed by atoms with Crippen molar-refractivity contribution in [1.29, 1.82) is 0 Å². The Hall–Kier alpha value is -0.780. The molecule has 1 aromatic carbocycles. The van der Waals surface area contributed by atoms with Gasteiger partial charge in [0.2, 0.25) is 0 Å². The molecular formula is C10H13F5S. The summed E-state index contributed by atoms with van der Waals surface area (Å²) in [7, 11) is -9.52. The number of rotatable bonds is 1. The number of benzene rings is 1. The molecule has 0 aliphatic carbocycles. The summed E-state index contributed by atoms with van der Waals surface area (Å²) >= 11 is 0. The van der Waals surface area contributed by atoms with Crippen molar-refractivity contribution < 1.29 is 19.4 Å². The van der Waals surface area contributed by atoms with Crippen molar-refractivity contribution >= 4 is 10.2 Å². The van der Waals surface area contributed by atoms with E-state index >= 15 is 0 Å². The van der Waals surface area contributed by atoms with Gasteiger partial charge in [-0.3, -0.25) is 0 Å². The fourth-order valence-corrected chi connectivity index (χ4v) is 1.86. The summed E-state index contributed by atoms with van der Waals surface area (Å²) in [6.07, 6.45) is 0. The Morgan fingerprint density at radius 1 is 0.812 bits per heavy atom. The van der Waals surface area contributed by atoms with Gasteiger partial charge in [0.1, 0.15) is 4.90 Å². The smallest absolute Gasteiger partial charge is 0.0936 e. The first-order valence-electron chi connectivity index (χ1n) is 4.55. The molecule has 0 amide bonds. The fraction of sp³-hybridized carbons (Fsp3) is 0.400. The molecule has 0 aromatic heterocycles. The van der Waals surface area contributed by atoms with Gasteiger partial charge in [-0.15, -0.1) is 0 Å². The van der Waals surface area contributed by atoms with Gasteiger partial charge in [-0.05, 0) is 23.1 Å². The van der Waals surface area contributed by atoms with E-state index in [2.05, 4.69) is 0 Å². The molecule has 0 nitrogen and oxygen atoms in total. The highest BCUT2D eigenvalue weighted by Crippen LogP contribution is 3.02. The third-order valence-corrected chi connectivity index (χ3v) is 3.33. The Morgan fingerprint density at radius 2 is 1.19 bits per heavy atom. The lowest BCUT2D eigenvalue weighted by atomic mass is 9.87. The quantitative estimate of drug-likeness (QED) is 0.573. The Labute approximate surface area is 91.2 Å². The van der Waals surface area contributed by atoms with E-state index in [-0.39, 0.29) is 5.41 Å². The molecule has 0 atom stereocenters. The van der Waals surface area contributed by atoms with Crippen LogP contribution in [0.3, 0.4) is 0 Å². The van der Waals surface area contributed by atoms with E-state index in [0.717, 1.165) is 12.1 Å². The molecule has 0 aliphatic rings. The molecule has 1 rings (SSSR count). The second-order valence-corrected chi connectivity index (χ2v) is 7.15. The van der Waals surface area contributed by atoms with Crippen molar-refractivity contribution in [2.24, 2.45) is 0 Å². The lowest BCUT2D eigenvalue weighted by molar-refractivity contribution is 0.364. The van der Waals surface area contributed by atoms with E-state index in [1.165, 1.54) is 0 Å². The van der Waals surface area contributed by atoms with Gasteiger partial charge < -0.3 is 0 Å². The first-order chi connectivity index (χ1) is 6.70. The zero-order valence-electron chi connectivity index (χ0n) is 9.11. The fourth-order valence-electron chi connectivity index (χ4n) is 1.21. The minimum Gasteiger partial charge on any atom is -0.0936 e. The Kier molecular flexibility index (Phi) is 2.26. The van der Waals surface area contributed by atoms with Crippen molar-refractivity contribution in [1.82, 2.24) is 0 Å². The summed E-state index contributed by atoms with van der Waals surface area (Å²) < 4.78 is 61.9. The van der Waals surface area contributed by atoms with Crippen LogP contribution in [-0.4, -0.2) is 0 Å². The lowest BCUT2D eigenvalue weighted by Gasteiger charge is -2.40. The molecule has 94 valence electrons. The number of halogens is 5. The summed E-state index contributed by atoms with van der Waals surface area (Å²) in [5.41, 5.74) is 0.217. The molecule has 0 aliphatic heterocycles. The van der Waals surface area contributed by atoms with Crippen LogP contribution in [0, 0.1) is 0 Å². The zero-order valence-corrected chi connectivity index (χ0v) is 9.92. The van der Waals surface area contributed by atoms with E-state index in [1.807, 2.05) is 0 Å². The molecule has 1 aromatic rings. The Morgan fingerprint density at radius 3 is 1.44 bits per heavy atom. The van der Waals surface area contributed by atoms with Crippen molar-refractivity contribution in [2.45, 2.75) is 31.1 Å². The molecule has 0 radical (unpaired) electrons. The second-order valence-electron chi connectivity index (χ2n) is 4.74. The van der Waals surface area contributed by atoms with Gasteiger partial charge in [0, 0.05) is 0 Å². The van der Waals surface area contributed by atoms with E-state index in [0.29, 0.717) is 17.7 Å². The van der Waals surface area contributed by atoms with Gasteiger partial charge in [-0.1, -0.05) is 52.3 Å². The van der Waals surface area contributed by atoms with E-state index < -0.39 is 15.1 Å². The maximum atomic E-state index is 12.4. The summed E-state index contributed by atoms with van der Waals surface area (Å²) in [5, 5.41) is 0. The van der Waals surface area contributed by atoms with Crippen LogP contribution in [0.25, 0.3) is 0 Å². The van der Waals surface area contributed by atoms with Crippen molar-refractivity contribution in [3.63, 3.8) is 0 Å². The molecular weight excluding hydrogens is 247 g/mol. The third-order valence-electron chi connectivity index (χ3n) is 2.17. The maximum absolute atomic E-state index is 12.4. The molecule has 6 heteroatoms. The predicted octanol–water partition coefficient (Wildman–Crippen LogP) is 5.64. The summed E-state index contributed by atoms with van der Waals surface area (Å²) in [5.74, 6) is 0. The van der Waals surface area contributed by atoms with Crippen molar-refractivity contribution in [3.8, 4) is 0 Å². The van der Waals surface area contributed by atoms with Crippen LogP contribution in [0.4, 0.5) is 19.4 Å². The van der Waals surface area contributed by atoms with E-state index in [9.17, 15) is 19.4 Å². The van der Waals surface area contributed by atoms with Gasteiger partial charge in [0.25, 0.3) is 0 Å². The number of hydrogen-bond acceptors (Lipinski definition) is 0. The topological polar surface area (TPSA) is 0 Å². The largest absolute Gasteiger partial charge is 0.310 e. The van der Waals surface area contributed by atoms with Gasteiger partial charge in [0.05, 0.1) is 0 Å². The summed E-state index contributed by atoms with van der Waals surface area (Å²) in [6, 6.07) is 3.07. The van der Waals surface area contributed by atoms with Gasteiger partial charge in [0.15, 0.2) is 0 Å². The first-order valence-corrected chi connectivity index (χ1v) is 6.50. The highest BCUT2D eigenvalue weighted by atomic mass is 32.5. The van der Waals surface area contributed by atoms with Crippen molar-refractivity contribution in [3.05, 3.63) is 29.8 Å². The highest BCUT2D eigenvalue weighted by Gasteiger charge is 2.65. The van der Waals surface area contributed by atoms with Crippen LogP contribution in [0.5, 0.6) is 0 Å². The van der Waals surface area contributed by atoms with Gasteiger partial charge >= 0.3 is 10.2 Å². The Bertz CT molecular complexity index is 395. The molecule has 0 heterocycles. The molecule has 0 spiro atoms. The van der Waals surface area contributed by atoms with Crippen LogP contribution in [0.2, 0.25) is 0 Å². The minimum atomic E-state index is -9.52. The van der Waals surface area contributed by atoms with Crippen LogP contribution < -0.4 is 0 Å². The van der Waals surface area contributed by atoms with Crippen LogP contribution in [0.1, 0.15) is 26.3 Å². The first kappa shape index (κ1) is 13.3. The average Bonchev–Trinajstić information content (AvgIpc) is 1.99. The molecule has 0 unspecified atom stereocenters. The van der Waals surface area contributed by atoms with Crippen LogP contribution in [0.15, 0.2) is 29.2 Å². The molecule has 0 bridgehead atoms. The molecule has 0 saturated carbocycles. The normalized spacial score (nSPS) is 17.8. The van der Waals surface area contributed by atoms with Crippen molar-refractivity contribution in [2.75, 3.05) is 0 Å². The Balaban J connectivity index is 3.27. The SMILES string of the molecule is CC(C)(C)c1ccc(S(F)(F)(F)(F)F)cc1. The predicted molar refractivity (Wildman–Crippen MR) is 56.5 cm³/mol. The average molecular weight is 260 g/mol. The monoisotopic (exact) mass is 260 g/mol. The van der Waals surface area contributed by atoms with Crippen LogP contribution in [-0.2, 0) is 5.41 Å². The van der Waals surface area contributed by atoms with Gasteiger partial charge in [-0.25, -0.2) is 0 Å². The molecule has 0 fully saturated rings.